The summed E-state index contributed by atoms with van der Waals surface area (Å²) in [6, 6.07) is 17.5. The van der Waals surface area contributed by atoms with Crippen LogP contribution in [0.2, 0.25) is 0 Å². The summed E-state index contributed by atoms with van der Waals surface area (Å²) in [6.07, 6.45) is -3.06. The molecule has 0 aliphatic heterocycles. The summed E-state index contributed by atoms with van der Waals surface area (Å²) < 4.78 is 42.1. The highest BCUT2D eigenvalue weighted by molar-refractivity contribution is 6.02. The molecule has 3 aromatic carbocycles. The number of para-hydroxylation sites is 1. The molecular weight excluding hydrogens is 637 g/mol. The highest BCUT2D eigenvalue weighted by Crippen LogP contribution is 2.34. The molecule has 0 aliphatic rings. The molecule has 2 aromatic heterocycles. The molecule has 0 atom stereocenters. The predicted octanol–water partition coefficient (Wildman–Crippen LogP) is 6.23. The Morgan fingerprint density at radius 2 is 1.61 bits per heavy atom. The van der Waals surface area contributed by atoms with Crippen molar-refractivity contribution >= 4 is 34.9 Å². The average Bonchev–Trinajstić information content (AvgIpc) is 3.35. The predicted molar refractivity (Wildman–Crippen MR) is 181 cm³/mol. The van der Waals surface area contributed by atoms with E-state index >= 15 is 0 Å². The Morgan fingerprint density at radius 3 is 2.22 bits per heavy atom. The van der Waals surface area contributed by atoms with Gasteiger partial charge in [-0.15, -0.1) is 0 Å². The highest BCUT2D eigenvalue weighted by atomic mass is 19.4. The number of anilines is 2. The normalized spacial score (nSPS) is 11.3. The molecule has 3 N–H and O–H groups in total. The Morgan fingerprint density at radius 1 is 0.939 bits per heavy atom. The lowest BCUT2D eigenvalue weighted by Gasteiger charge is -2.13. The van der Waals surface area contributed by atoms with Crippen molar-refractivity contribution in [3.05, 3.63) is 118 Å². The fraction of sp³-hybridized carbons (Fsp3) is 0.194. The van der Waals surface area contributed by atoms with E-state index in [-0.39, 0.29) is 23.9 Å². The van der Waals surface area contributed by atoms with Gasteiger partial charge < -0.3 is 20.5 Å². The van der Waals surface area contributed by atoms with Gasteiger partial charge in [-0.25, -0.2) is 9.38 Å². The van der Waals surface area contributed by atoms with E-state index in [0.29, 0.717) is 58.0 Å². The second-order valence-electron chi connectivity index (χ2n) is 11.0. The van der Waals surface area contributed by atoms with Crippen LogP contribution in [0.15, 0.2) is 90.2 Å². The summed E-state index contributed by atoms with van der Waals surface area (Å²) in [7, 11) is 0. The van der Waals surface area contributed by atoms with E-state index in [1.165, 1.54) is 4.40 Å². The summed E-state index contributed by atoms with van der Waals surface area (Å²) in [4.78, 5) is 57.6. The minimum Gasteiger partial charge on any atom is -0.352 e. The van der Waals surface area contributed by atoms with E-state index in [0.717, 1.165) is 30.3 Å². The Bertz CT molecular complexity index is 2130. The van der Waals surface area contributed by atoms with Gasteiger partial charge in [0, 0.05) is 29.1 Å². The Labute approximate surface area is 279 Å². The maximum atomic E-state index is 14.6. The van der Waals surface area contributed by atoms with E-state index in [2.05, 4.69) is 22.5 Å². The molecule has 0 unspecified atom stereocenters. The van der Waals surface area contributed by atoms with Crippen LogP contribution in [-0.2, 0) is 28.7 Å². The lowest BCUT2D eigenvalue weighted by Crippen LogP contribution is -2.23. The molecule has 252 valence electrons. The monoisotopic (exact) mass is 670 g/mol. The highest BCUT2D eigenvalue weighted by Gasteiger charge is 2.30. The fourth-order valence-corrected chi connectivity index (χ4v) is 5.55. The summed E-state index contributed by atoms with van der Waals surface area (Å²) >= 11 is 0. The second-order valence-corrected chi connectivity index (χ2v) is 11.0. The molecule has 0 saturated carbocycles. The van der Waals surface area contributed by atoms with Gasteiger partial charge in [0.2, 0.25) is 17.6 Å². The molecule has 0 saturated heterocycles. The average molecular weight is 671 g/mol. The third-order valence-electron chi connectivity index (χ3n) is 7.88. The number of carbonyl (C=O) groups excluding carboxylic acids is 3. The van der Waals surface area contributed by atoms with Crippen molar-refractivity contribution in [2.45, 2.75) is 39.9 Å². The molecule has 10 nitrogen and oxygen atoms in total. The largest absolute Gasteiger partial charge is 0.416 e. The van der Waals surface area contributed by atoms with Gasteiger partial charge >= 0.3 is 6.18 Å². The van der Waals surface area contributed by atoms with Crippen LogP contribution in [0.4, 0.5) is 24.5 Å². The maximum Gasteiger partial charge on any atom is 0.416 e. The van der Waals surface area contributed by atoms with E-state index in [1.807, 2.05) is 13.8 Å². The van der Waals surface area contributed by atoms with Gasteiger partial charge in [-0.1, -0.05) is 43.8 Å². The number of halogens is 3. The van der Waals surface area contributed by atoms with Crippen LogP contribution in [0.25, 0.3) is 28.2 Å². The van der Waals surface area contributed by atoms with Crippen LogP contribution in [0, 0.1) is 6.92 Å². The lowest BCUT2D eigenvalue weighted by atomic mass is 10.0. The quantitative estimate of drug-likeness (QED) is 0.152. The van der Waals surface area contributed by atoms with Gasteiger partial charge in [-0.3, -0.25) is 19.2 Å². The topological polar surface area (TPSA) is 127 Å². The van der Waals surface area contributed by atoms with Crippen LogP contribution in [0.1, 0.15) is 41.2 Å². The van der Waals surface area contributed by atoms with Crippen LogP contribution in [-0.4, -0.2) is 38.2 Å². The number of benzene rings is 3. The summed E-state index contributed by atoms with van der Waals surface area (Å²) in [5, 5.41) is 8.12. The fourth-order valence-electron chi connectivity index (χ4n) is 5.55. The standard InChI is InChI=1S/C36H33F3N6O4/c1-5-27-31(22-12-14-23(15-13-22)33(48)40-7-3)34(49)45-32(26-10-8-9-11-28(26)42-29(46)6-2)21(4)44(35(45)43-27)20-30(47)41-25-18-16-24(17-19-25)36(37,38)39/h6,8-19H,2,5,7,20H2,1,3-4H3,(H,40,48)(H,41,47)(H,42,46). The Balaban J connectivity index is 1.69. The second kappa shape index (κ2) is 14.0. The van der Waals surface area contributed by atoms with Crippen LogP contribution >= 0.6 is 0 Å². The van der Waals surface area contributed by atoms with Gasteiger partial charge in [0.05, 0.1) is 28.2 Å². The molecule has 0 spiro atoms. The Kier molecular flexibility index (Phi) is 9.83. The first-order chi connectivity index (χ1) is 23.4. The third-order valence-corrected chi connectivity index (χ3v) is 7.88. The van der Waals surface area contributed by atoms with Gasteiger partial charge in [-0.05, 0) is 74.4 Å². The van der Waals surface area contributed by atoms with Gasteiger partial charge in [-0.2, -0.15) is 13.2 Å². The number of aromatic nitrogens is 3. The van der Waals surface area contributed by atoms with Crippen molar-refractivity contribution in [2.75, 3.05) is 17.2 Å². The zero-order valence-electron chi connectivity index (χ0n) is 26.9. The van der Waals surface area contributed by atoms with Crippen molar-refractivity contribution in [3.63, 3.8) is 0 Å². The molecular formula is C36H33F3N6O4. The number of carbonyl (C=O) groups is 3. The van der Waals surface area contributed by atoms with Crippen LogP contribution < -0.4 is 21.5 Å². The van der Waals surface area contributed by atoms with Crippen LogP contribution in [0.3, 0.4) is 0 Å². The SMILES string of the molecule is C=CC(=O)Nc1ccccc1-c1c(C)n(CC(=O)Nc2ccc(C(F)(F)F)cc2)c2nc(CC)c(-c3ccc(C(=O)NCC)cc3)c(=O)n12. The summed E-state index contributed by atoms with van der Waals surface area (Å²) in [5.74, 6) is -1.16. The zero-order valence-corrected chi connectivity index (χ0v) is 26.9. The molecule has 0 fully saturated rings. The number of nitrogens with one attached hydrogen (secondary N) is 3. The first kappa shape index (κ1) is 34.4. The third kappa shape index (κ3) is 7.00. The number of amides is 3. The number of aryl methyl sites for hydroxylation is 1. The molecule has 49 heavy (non-hydrogen) atoms. The van der Waals surface area contributed by atoms with Crippen molar-refractivity contribution in [2.24, 2.45) is 0 Å². The summed E-state index contributed by atoms with van der Waals surface area (Å²) in [5.41, 5.74) is 2.20. The zero-order chi connectivity index (χ0) is 35.5. The van der Waals surface area contributed by atoms with E-state index < -0.39 is 29.1 Å². The van der Waals surface area contributed by atoms with Crippen molar-refractivity contribution in [1.82, 2.24) is 19.3 Å². The van der Waals surface area contributed by atoms with Gasteiger partial charge in [0.25, 0.3) is 11.5 Å². The molecule has 5 aromatic rings. The number of rotatable bonds is 10. The minimum atomic E-state index is -4.53. The number of nitrogens with zero attached hydrogens (tertiary/aromatic N) is 3. The number of alkyl halides is 3. The van der Waals surface area contributed by atoms with Gasteiger partial charge in [0.1, 0.15) is 6.54 Å². The molecule has 5 rings (SSSR count). The summed E-state index contributed by atoms with van der Waals surface area (Å²) in [6.45, 7) is 8.98. The van der Waals surface area contributed by atoms with Crippen molar-refractivity contribution < 1.29 is 27.6 Å². The molecule has 0 radical (unpaired) electrons. The minimum absolute atomic E-state index is 0.143. The number of fused-ring (bicyclic) bond motifs is 1. The maximum absolute atomic E-state index is 14.6. The Hall–Kier alpha value is -5.98. The van der Waals surface area contributed by atoms with E-state index in [4.69, 9.17) is 4.98 Å². The van der Waals surface area contributed by atoms with E-state index in [1.54, 1.807) is 60.0 Å². The molecule has 2 heterocycles. The van der Waals surface area contributed by atoms with Gasteiger partial charge in [0.15, 0.2) is 0 Å². The number of hydrogen-bond acceptors (Lipinski definition) is 5. The molecule has 13 heteroatoms. The number of hydrogen-bond donors (Lipinski definition) is 3. The lowest BCUT2D eigenvalue weighted by molar-refractivity contribution is -0.137. The van der Waals surface area contributed by atoms with Crippen molar-refractivity contribution in [1.29, 1.82) is 0 Å². The molecule has 0 aliphatic carbocycles. The molecule has 0 bridgehead atoms. The van der Waals surface area contributed by atoms with E-state index in [9.17, 15) is 32.3 Å². The molecule has 3 amide bonds. The van der Waals surface area contributed by atoms with Crippen LogP contribution in [0.5, 0.6) is 0 Å². The first-order valence-corrected chi connectivity index (χ1v) is 15.4. The first-order valence-electron chi connectivity index (χ1n) is 15.4. The number of imidazole rings is 1. The van der Waals surface area contributed by atoms with Crippen molar-refractivity contribution in [3.8, 4) is 22.4 Å². The smallest absolute Gasteiger partial charge is 0.352 e.